The number of fused-ring (bicyclic) bond motifs is 8. The van der Waals surface area contributed by atoms with Crippen molar-refractivity contribution in [1.82, 2.24) is 28.9 Å². The van der Waals surface area contributed by atoms with Crippen LogP contribution in [0.25, 0.3) is 122 Å². The van der Waals surface area contributed by atoms with Crippen molar-refractivity contribution in [3.8, 4) is 73.2 Å². The fraction of sp³-hybridized carbons (Fsp3) is 0. The summed E-state index contributed by atoms with van der Waals surface area (Å²) in [5.74, 6) is 0.680. The molecule has 6 heteroatoms. The van der Waals surface area contributed by atoms with Gasteiger partial charge in [-0.05, 0) is 53.6 Å². The molecule has 0 aliphatic heterocycles. The molecule has 13 rings (SSSR count). The summed E-state index contributed by atoms with van der Waals surface area (Å²) in [6.45, 7) is 0. The molecule has 0 spiro atoms. The zero-order valence-electron chi connectivity index (χ0n) is 35.6. The Labute approximate surface area is 380 Å². The van der Waals surface area contributed by atoms with Crippen LogP contribution in [0.5, 0.6) is 0 Å². The molecule has 0 radical (unpaired) electrons. The normalized spacial score (nSPS) is 11.6. The van der Waals surface area contributed by atoms with Gasteiger partial charge in [0.05, 0.1) is 39.3 Å². The van der Waals surface area contributed by atoms with E-state index in [9.17, 15) is 0 Å². The molecule has 0 bridgehead atoms. The molecule has 308 valence electrons. The van der Waals surface area contributed by atoms with Crippen molar-refractivity contribution in [3.63, 3.8) is 0 Å². The molecule has 0 amide bonds. The number of imidazole rings is 1. The van der Waals surface area contributed by atoms with Crippen molar-refractivity contribution in [2.24, 2.45) is 0 Å². The number of benzene rings is 8. The Kier molecular flexibility index (Phi) is 8.74. The van der Waals surface area contributed by atoms with Gasteiger partial charge in [-0.2, -0.15) is 0 Å². The summed E-state index contributed by atoms with van der Waals surface area (Å²) in [6.07, 6.45) is 4.21. The number of pyridine rings is 2. The SMILES string of the molecule is c1ccc(-c2cn3ccc4c(-c5ccccc5)nc5cc(-c6ccc(-c7cc(-c8cccc(-n9c%10ccccc%10c%10ccccc%109)c8)nc(-c8ccccc8)n7)cc6)ccc5c4c3n2)cc1. The average Bonchev–Trinajstić information content (AvgIpc) is 3.99. The first-order valence-corrected chi connectivity index (χ1v) is 22.2. The lowest BCUT2D eigenvalue weighted by atomic mass is 9.97. The Morgan fingerprint density at radius 1 is 0.333 bits per heavy atom. The first kappa shape index (κ1) is 37.5. The Morgan fingerprint density at radius 2 is 0.909 bits per heavy atom. The number of aromatic nitrogens is 6. The van der Waals surface area contributed by atoms with E-state index < -0.39 is 0 Å². The third-order valence-corrected chi connectivity index (χ3v) is 12.8. The van der Waals surface area contributed by atoms with Crippen molar-refractivity contribution < 1.29 is 0 Å². The molecule has 0 saturated heterocycles. The van der Waals surface area contributed by atoms with Gasteiger partial charge in [0, 0.05) is 72.8 Å². The van der Waals surface area contributed by atoms with Gasteiger partial charge < -0.3 is 8.97 Å². The highest BCUT2D eigenvalue weighted by Gasteiger charge is 2.18. The van der Waals surface area contributed by atoms with Gasteiger partial charge in [0.25, 0.3) is 0 Å². The second kappa shape index (κ2) is 15.4. The number of para-hydroxylation sites is 2. The molecule has 5 aromatic heterocycles. The van der Waals surface area contributed by atoms with E-state index in [1.807, 2.05) is 30.3 Å². The summed E-state index contributed by atoms with van der Waals surface area (Å²) < 4.78 is 4.48. The number of hydrogen-bond donors (Lipinski definition) is 0. The standard InChI is InChI=1S/C60H38N6/c1-4-15-40(16-5-1)54-38-65-34-33-50-57(60(65)64-54)49-32-31-44(36-53(49)61-58(50)42-17-6-2-7-18-42)39-27-29-41(30-28-39)51-37-52(63-59(62-51)43-19-8-3-9-20-43)45-21-14-22-46(35-45)66-55-25-12-10-23-47(55)48-24-11-13-26-56(48)66/h1-38H. The monoisotopic (exact) mass is 842 g/mol. The summed E-state index contributed by atoms with van der Waals surface area (Å²) in [4.78, 5) is 21.0. The van der Waals surface area contributed by atoms with Crippen LogP contribution in [-0.4, -0.2) is 28.9 Å². The van der Waals surface area contributed by atoms with Crippen LogP contribution in [0, 0.1) is 0 Å². The van der Waals surface area contributed by atoms with E-state index >= 15 is 0 Å². The van der Waals surface area contributed by atoms with Gasteiger partial charge >= 0.3 is 0 Å². The Morgan fingerprint density at radius 3 is 1.62 bits per heavy atom. The van der Waals surface area contributed by atoms with E-state index in [-0.39, 0.29) is 0 Å². The second-order valence-corrected chi connectivity index (χ2v) is 16.7. The lowest BCUT2D eigenvalue weighted by Gasteiger charge is -2.13. The first-order valence-electron chi connectivity index (χ1n) is 22.2. The molecule has 0 aliphatic rings. The van der Waals surface area contributed by atoms with Gasteiger partial charge in [-0.1, -0.05) is 176 Å². The highest BCUT2D eigenvalue weighted by molar-refractivity contribution is 6.17. The molecular weight excluding hydrogens is 805 g/mol. The van der Waals surface area contributed by atoms with E-state index in [0.717, 1.165) is 94.7 Å². The molecule has 5 heterocycles. The molecule has 0 atom stereocenters. The van der Waals surface area contributed by atoms with Crippen molar-refractivity contribution in [3.05, 3.63) is 231 Å². The summed E-state index contributed by atoms with van der Waals surface area (Å²) in [5.41, 5.74) is 16.1. The fourth-order valence-corrected chi connectivity index (χ4v) is 9.57. The van der Waals surface area contributed by atoms with Gasteiger partial charge in [-0.15, -0.1) is 0 Å². The number of hydrogen-bond acceptors (Lipinski definition) is 4. The molecule has 0 saturated carbocycles. The second-order valence-electron chi connectivity index (χ2n) is 16.7. The zero-order chi connectivity index (χ0) is 43.6. The summed E-state index contributed by atoms with van der Waals surface area (Å²) in [7, 11) is 0. The summed E-state index contributed by atoms with van der Waals surface area (Å²) >= 11 is 0. The average molecular weight is 843 g/mol. The third kappa shape index (κ3) is 6.34. The van der Waals surface area contributed by atoms with Crippen LogP contribution in [0.4, 0.5) is 0 Å². The minimum absolute atomic E-state index is 0.680. The molecule has 8 aromatic carbocycles. The predicted octanol–water partition coefficient (Wildman–Crippen LogP) is 14.9. The Balaban J connectivity index is 0.912. The first-order chi connectivity index (χ1) is 32.7. The van der Waals surface area contributed by atoms with Crippen LogP contribution < -0.4 is 0 Å². The Hall–Kier alpha value is -9.00. The van der Waals surface area contributed by atoms with E-state index in [0.29, 0.717) is 5.82 Å². The van der Waals surface area contributed by atoms with Crippen LogP contribution in [-0.2, 0) is 0 Å². The molecule has 66 heavy (non-hydrogen) atoms. The molecule has 6 nitrogen and oxygen atoms in total. The lowest BCUT2D eigenvalue weighted by molar-refractivity contribution is 1.16. The fourth-order valence-electron chi connectivity index (χ4n) is 9.57. The maximum atomic E-state index is 5.37. The minimum atomic E-state index is 0.680. The van der Waals surface area contributed by atoms with E-state index in [4.69, 9.17) is 19.9 Å². The van der Waals surface area contributed by atoms with Gasteiger partial charge in [0.2, 0.25) is 0 Å². The van der Waals surface area contributed by atoms with Crippen LogP contribution >= 0.6 is 0 Å². The van der Waals surface area contributed by atoms with E-state index in [1.54, 1.807) is 0 Å². The maximum Gasteiger partial charge on any atom is 0.160 e. The Bertz CT molecular complexity index is 3910. The lowest BCUT2D eigenvalue weighted by Crippen LogP contribution is -1.98. The molecule has 13 aromatic rings. The van der Waals surface area contributed by atoms with Crippen LogP contribution in [0.1, 0.15) is 0 Å². The molecular formula is C60H38N6. The third-order valence-electron chi connectivity index (χ3n) is 12.8. The smallest absolute Gasteiger partial charge is 0.160 e. The zero-order valence-corrected chi connectivity index (χ0v) is 35.6. The van der Waals surface area contributed by atoms with Gasteiger partial charge in [0.15, 0.2) is 5.82 Å². The maximum absolute atomic E-state index is 5.37. The van der Waals surface area contributed by atoms with Crippen LogP contribution in [0.3, 0.4) is 0 Å². The number of nitrogens with zero attached hydrogens (tertiary/aromatic N) is 6. The quantitative estimate of drug-likeness (QED) is 0.150. The van der Waals surface area contributed by atoms with Gasteiger partial charge in [-0.25, -0.2) is 19.9 Å². The molecule has 0 aliphatic carbocycles. The largest absolute Gasteiger partial charge is 0.309 e. The number of rotatable bonds is 7. The highest BCUT2D eigenvalue weighted by atomic mass is 15.0. The van der Waals surface area contributed by atoms with Crippen molar-refractivity contribution in [2.45, 2.75) is 0 Å². The van der Waals surface area contributed by atoms with Crippen LogP contribution in [0.2, 0.25) is 0 Å². The van der Waals surface area contributed by atoms with Crippen molar-refractivity contribution in [1.29, 1.82) is 0 Å². The summed E-state index contributed by atoms with van der Waals surface area (Å²) in [5, 5.41) is 5.68. The predicted molar refractivity (Wildman–Crippen MR) is 271 cm³/mol. The van der Waals surface area contributed by atoms with Gasteiger partial charge in [-0.3, -0.25) is 0 Å². The highest BCUT2D eigenvalue weighted by Crippen LogP contribution is 2.39. The molecule has 0 fully saturated rings. The molecule has 0 N–H and O–H groups in total. The van der Waals surface area contributed by atoms with Crippen molar-refractivity contribution >= 4 is 49.1 Å². The van der Waals surface area contributed by atoms with E-state index in [1.165, 1.54) is 21.8 Å². The topological polar surface area (TPSA) is 60.9 Å². The van der Waals surface area contributed by atoms with Gasteiger partial charge in [0.1, 0.15) is 5.65 Å². The van der Waals surface area contributed by atoms with Crippen LogP contribution in [0.15, 0.2) is 231 Å². The molecule has 0 unspecified atom stereocenters. The van der Waals surface area contributed by atoms with Crippen molar-refractivity contribution in [2.75, 3.05) is 0 Å². The summed E-state index contributed by atoms with van der Waals surface area (Å²) in [6, 6.07) is 76.5. The van der Waals surface area contributed by atoms with E-state index in [2.05, 4.69) is 209 Å². The minimum Gasteiger partial charge on any atom is -0.309 e.